The van der Waals surface area contributed by atoms with E-state index in [1.165, 1.54) is 0 Å². The smallest absolute Gasteiger partial charge is 0.240 e. The van der Waals surface area contributed by atoms with Gasteiger partial charge in [-0.05, 0) is 35.2 Å². The summed E-state index contributed by atoms with van der Waals surface area (Å²) in [5.41, 5.74) is 2.73. The summed E-state index contributed by atoms with van der Waals surface area (Å²) in [4.78, 5) is 17.1. The molecule has 1 aromatic heterocycles. The molecule has 3 rings (SSSR count). The van der Waals surface area contributed by atoms with E-state index in [2.05, 4.69) is 31.1 Å². The zero-order valence-electron chi connectivity index (χ0n) is 15.7. The van der Waals surface area contributed by atoms with Gasteiger partial charge in [-0.25, -0.2) is 4.98 Å². The number of nitrogens with one attached hydrogen (secondary N) is 1. The van der Waals surface area contributed by atoms with E-state index in [-0.39, 0.29) is 23.9 Å². The molecule has 136 valence electrons. The lowest BCUT2D eigenvalue weighted by Gasteiger charge is -2.32. The molecule has 0 saturated carbocycles. The Balaban J connectivity index is 1.81. The zero-order valence-corrected chi connectivity index (χ0v) is 15.7. The minimum absolute atomic E-state index is 0.0455. The fourth-order valence-corrected chi connectivity index (χ4v) is 3.12. The molecule has 0 fully saturated rings. The molecule has 0 spiro atoms. The van der Waals surface area contributed by atoms with Crippen molar-refractivity contribution in [1.82, 2.24) is 14.9 Å². The fourth-order valence-electron chi connectivity index (χ4n) is 3.12. The summed E-state index contributed by atoms with van der Waals surface area (Å²) in [6.45, 7) is 6.58. The van der Waals surface area contributed by atoms with E-state index in [1.807, 2.05) is 53.1 Å². The number of methoxy groups -OCH3 is 1. The molecule has 1 amide bonds. The van der Waals surface area contributed by atoms with Crippen LogP contribution in [0.1, 0.15) is 32.4 Å². The molecule has 0 radical (unpaired) electrons. The number of imidazole rings is 1. The molecule has 0 aliphatic heterocycles. The van der Waals surface area contributed by atoms with Gasteiger partial charge in [0, 0.05) is 0 Å². The first-order valence-corrected chi connectivity index (χ1v) is 8.71. The van der Waals surface area contributed by atoms with E-state index in [4.69, 9.17) is 4.74 Å². The molecular weight excluding hydrogens is 326 g/mol. The lowest BCUT2D eigenvalue weighted by Crippen LogP contribution is -2.38. The predicted octanol–water partition coefficient (Wildman–Crippen LogP) is 3.95. The van der Waals surface area contributed by atoms with Crippen molar-refractivity contribution in [1.29, 1.82) is 0 Å². The Hall–Kier alpha value is -2.82. The number of aromatic nitrogens is 2. The summed E-state index contributed by atoms with van der Waals surface area (Å²) in [7, 11) is 1.65. The number of benzene rings is 2. The highest BCUT2D eigenvalue weighted by molar-refractivity contribution is 5.80. The third kappa shape index (κ3) is 3.87. The number of hydrogen-bond acceptors (Lipinski definition) is 3. The second kappa shape index (κ2) is 7.20. The average molecular weight is 351 g/mol. The average Bonchev–Trinajstić information content (AvgIpc) is 3.02. The van der Waals surface area contributed by atoms with Crippen LogP contribution in [0, 0.1) is 5.41 Å². The number of amides is 1. The summed E-state index contributed by atoms with van der Waals surface area (Å²) in [6.07, 6.45) is 1.71. The Labute approximate surface area is 154 Å². The van der Waals surface area contributed by atoms with Gasteiger partial charge in [-0.2, -0.15) is 0 Å². The number of rotatable bonds is 5. The molecule has 1 atom stereocenters. The number of ether oxygens (including phenoxy) is 1. The van der Waals surface area contributed by atoms with Gasteiger partial charge in [0.1, 0.15) is 12.3 Å². The van der Waals surface area contributed by atoms with Gasteiger partial charge in [0.2, 0.25) is 5.91 Å². The number of carbonyl (C=O) groups is 1. The Kier molecular flexibility index (Phi) is 4.98. The second-order valence-electron chi connectivity index (χ2n) is 7.50. The van der Waals surface area contributed by atoms with Crippen molar-refractivity contribution in [3.05, 3.63) is 60.4 Å². The third-order valence-corrected chi connectivity index (χ3v) is 4.44. The predicted molar refractivity (Wildman–Crippen MR) is 103 cm³/mol. The molecule has 0 aliphatic carbocycles. The van der Waals surface area contributed by atoms with Crippen LogP contribution in [0.3, 0.4) is 0 Å². The standard InChI is InChI=1S/C21H25N3O2/c1-21(2,3)20(15-8-7-9-16(12-15)26-4)23-19(25)13-24-14-22-17-10-5-6-11-18(17)24/h5-12,14,20H,13H2,1-4H3,(H,23,25). The molecule has 0 aliphatic rings. The van der Waals surface area contributed by atoms with Crippen molar-refractivity contribution in [3.8, 4) is 5.75 Å². The molecule has 5 nitrogen and oxygen atoms in total. The van der Waals surface area contributed by atoms with Crippen molar-refractivity contribution in [2.75, 3.05) is 7.11 Å². The maximum atomic E-state index is 12.7. The van der Waals surface area contributed by atoms with E-state index in [1.54, 1.807) is 13.4 Å². The van der Waals surface area contributed by atoms with E-state index in [9.17, 15) is 4.79 Å². The zero-order chi connectivity index (χ0) is 18.7. The van der Waals surface area contributed by atoms with Gasteiger partial charge in [0.15, 0.2) is 0 Å². The first kappa shape index (κ1) is 18.0. The lowest BCUT2D eigenvalue weighted by atomic mass is 9.82. The van der Waals surface area contributed by atoms with Gasteiger partial charge in [0.25, 0.3) is 0 Å². The highest BCUT2D eigenvalue weighted by atomic mass is 16.5. The van der Waals surface area contributed by atoms with Gasteiger partial charge in [0.05, 0.1) is 30.5 Å². The second-order valence-corrected chi connectivity index (χ2v) is 7.50. The van der Waals surface area contributed by atoms with Crippen LogP contribution >= 0.6 is 0 Å². The Morgan fingerprint density at radius 1 is 1.19 bits per heavy atom. The van der Waals surface area contributed by atoms with Crippen LogP contribution in [0.2, 0.25) is 0 Å². The van der Waals surface area contributed by atoms with Crippen molar-refractivity contribution < 1.29 is 9.53 Å². The van der Waals surface area contributed by atoms with Crippen LogP contribution in [0.15, 0.2) is 54.9 Å². The molecule has 1 heterocycles. The Bertz CT molecular complexity index is 909. The SMILES string of the molecule is COc1cccc(C(NC(=O)Cn2cnc3ccccc32)C(C)(C)C)c1. The molecule has 0 saturated heterocycles. The van der Waals surface area contributed by atoms with Gasteiger partial charge < -0.3 is 14.6 Å². The van der Waals surface area contributed by atoms with Crippen LogP contribution in [-0.2, 0) is 11.3 Å². The lowest BCUT2D eigenvalue weighted by molar-refractivity contribution is -0.123. The number of nitrogens with zero attached hydrogens (tertiary/aromatic N) is 2. The van der Waals surface area contributed by atoms with Crippen LogP contribution in [0.5, 0.6) is 5.75 Å². The Morgan fingerprint density at radius 3 is 2.69 bits per heavy atom. The summed E-state index contributed by atoms with van der Waals surface area (Å²) >= 11 is 0. The number of carbonyl (C=O) groups excluding carboxylic acids is 1. The molecule has 0 bridgehead atoms. The maximum absolute atomic E-state index is 12.7. The van der Waals surface area contributed by atoms with Gasteiger partial charge in [-0.1, -0.05) is 45.0 Å². The maximum Gasteiger partial charge on any atom is 0.240 e. The van der Waals surface area contributed by atoms with Gasteiger partial charge in [-0.15, -0.1) is 0 Å². The molecule has 1 unspecified atom stereocenters. The number of hydrogen-bond donors (Lipinski definition) is 1. The van der Waals surface area contributed by atoms with Crippen molar-refractivity contribution in [2.45, 2.75) is 33.4 Å². The highest BCUT2D eigenvalue weighted by Crippen LogP contribution is 2.34. The molecule has 1 N–H and O–H groups in total. The number of para-hydroxylation sites is 2. The summed E-state index contributed by atoms with van der Waals surface area (Å²) < 4.78 is 7.20. The van der Waals surface area contributed by atoms with Crippen LogP contribution < -0.4 is 10.1 Å². The van der Waals surface area contributed by atoms with Crippen LogP contribution in [0.4, 0.5) is 0 Å². The molecule has 3 aromatic rings. The largest absolute Gasteiger partial charge is 0.497 e. The minimum Gasteiger partial charge on any atom is -0.497 e. The van der Waals surface area contributed by atoms with Crippen molar-refractivity contribution >= 4 is 16.9 Å². The first-order chi connectivity index (χ1) is 12.4. The van der Waals surface area contributed by atoms with Gasteiger partial charge in [-0.3, -0.25) is 4.79 Å². The molecule has 2 aromatic carbocycles. The van der Waals surface area contributed by atoms with Crippen molar-refractivity contribution in [3.63, 3.8) is 0 Å². The first-order valence-electron chi connectivity index (χ1n) is 8.71. The molecule has 5 heteroatoms. The minimum atomic E-state index is -0.140. The van der Waals surface area contributed by atoms with E-state index in [0.29, 0.717) is 0 Å². The van der Waals surface area contributed by atoms with Crippen LogP contribution in [-0.4, -0.2) is 22.6 Å². The summed E-state index contributed by atoms with van der Waals surface area (Å²) in [6, 6.07) is 15.5. The normalized spacial score (nSPS) is 12.8. The van der Waals surface area contributed by atoms with E-state index < -0.39 is 0 Å². The summed E-state index contributed by atoms with van der Waals surface area (Å²) in [5, 5.41) is 3.18. The third-order valence-electron chi connectivity index (χ3n) is 4.44. The quantitative estimate of drug-likeness (QED) is 0.757. The van der Waals surface area contributed by atoms with Crippen LogP contribution in [0.25, 0.3) is 11.0 Å². The topological polar surface area (TPSA) is 56.1 Å². The molecular formula is C21H25N3O2. The highest BCUT2D eigenvalue weighted by Gasteiger charge is 2.28. The monoisotopic (exact) mass is 351 g/mol. The fraction of sp³-hybridized carbons (Fsp3) is 0.333. The van der Waals surface area contributed by atoms with E-state index >= 15 is 0 Å². The van der Waals surface area contributed by atoms with E-state index in [0.717, 1.165) is 22.3 Å². The van der Waals surface area contributed by atoms with Gasteiger partial charge >= 0.3 is 0 Å². The number of fused-ring (bicyclic) bond motifs is 1. The summed E-state index contributed by atoms with van der Waals surface area (Å²) in [5.74, 6) is 0.738. The van der Waals surface area contributed by atoms with Crippen molar-refractivity contribution in [2.24, 2.45) is 5.41 Å². The Morgan fingerprint density at radius 2 is 1.96 bits per heavy atom. The molecule has 26 heavy (non-hydrogen) atoms.